The molecule has 3 N–H and O–H groups in total. The van der Waals surface area contributed by atoms with Gasteiger partial charge in [-0.15, -0.1) is 0 Å². The summed E-state index contributed by atoms with van der Waals surface area (Å²) in [6.07, 6.45) is 55.5. The lowest BCUT2D eigenvalue weighted by Gasteiger charge is -2.21. The highest BCUT2D eigenvalue weighted by molar-refractivity contribution is 7.47. The molecule has 0 saturated carbocycles. The topological polar surface area (TPSA) is 237 Å². The van der Waals surface area contributed by atoms with Gasteiger partial charge in [0.25, 0.3) is 0 Å². The van der Waals surface area contributed by atoms with Crippen molar-refractivity contribution >= 4 is 39.5 Å². The average molecular weight is 1450 g/mol. The summed E-state index contributed by atoms with van der Waals surface area (Å²) < 4.78 is 68.7. The number of ether oxygens (including phenoxy) is 4. The van der Waals surface area contributed by atoms with E-state index in [2.05, 4.69) is 55.4 Å². The molecule has 0 amide bonds. The molecule has 0 fully saturated rings. The van der Waals surface area contributed by atoms with Crippen molar-refractivity contribution in [1.29, 1.82) is 0 Å². The second kappa shape index (κ2) is 69.1. The molecule has 99 heavy (non-hydrogen) atoms. The van der Waals surface area contributed by atoms with Crippen LogP contribution in [-0.2, 0) is 65.4 Å². The van der Waals surface area contributed by atoms with Crippen molar-refractivity contribution in [3.8, 4) is 0 Å². The van der Waals surface area contributed by atoms with Crippen LogP contribution >= 0.6 is 15.6 Å². The van der Waals surface area contributed by atoms with E-state index < -0.39 is 97.5 Å². The summed E-state index contributed by atoms with van der Waals surface area (Å²) in [5.74, 6) is 0.974. The zero-order chi connectivity index (χ0) is 73.1. The van der Waals surface area contributed by atoms with Crippen molar-refractivity contribution in [3.63, 3.8) is 0 Å². The summed E-state index contributed by atoms with van der Waals surface area (Å²) in [4.78, 5) is 73.0. The molecule has 17 nitrogen and oxygen atoms in total. The Hall–Kier alpha value is -1.94. The predicted molar refractivity (Wildman–Crippen MR) is 404 cm³/mol. The summed E-state index contributed by atoms with van der Waals surface area (Å²) in [6, 6.07) is 0. The Morgan fingerprint density at radius 2 is 0.485 bits per heavy atom. The van der Waals surface area contributed by atoms with Crippen LogP contribution in [0.5, 0.6) is 0 Å². The number of phosphoric acid groups is 2. The van der Waals surface area contributed by atoms with Gasteiger partial charge in [-0.3, -0.25) is 37.3 Å². The Bertz CT molecular complexity index is 1940. The lowest BCUT2D eigenvalue weighted by Crippen LogP contribution is -2.30. The molecule has 0 aromatic rings. The van der Waals surface area contributed by atoms with Crippen LogP contribution in [0.15, 0.2) is 0 Å². The van der Waals surface area contributed by atoms with E-state index in [4.69, 9.17) is 37.0 Å². The maximum absolute atomic E-state index is 13.1. The van der Waals surface area contributed by atoms with Crippen molar-refractivity contribution in [2.24, 2.45) is 23.7 Å². The zero-order valence-corrected chi connectivity index (χ0v) is 66.9. The number of unbranched alkanes of at least 4 members (excludes halogenated alkanes) is 42. The smallest absolute Gasteiger partial charge is 0.462 e. The van der Waals surface area contributed by atoms with Crippen LogP contribution in [0.25, 0.3) is 0 Å². The van der Waals surface area contributed by atoms with Crippen LogP contribution in [0.1, 0.15) is 409 Å². The van der Waals surface area contributed by atoms with Gasteiger partial charge >= 0.3 is 39.5 Å². The fourth-order valence-electron chi connectivity index (χ4n) is 12.2. The number of carbonyl (C=O) groups is 4. The molecule has 0 aliphatic heterocycles. The molecule has 0 bridgehead atoms. The van der Waals surface area contributed by atoms with Crippen LogP contribution < -0.4 is 0 Å². The molecule has 0 heterocycles. The normalized spacial score (nSPS) is 14.3. The van der Waals surface area contributed by atoms with E-state index in [0.29, 0.717) is 25.7 Å². The van der Waals surface area contributed by atoms with Gasteiger partial charge in [-0.2, -0.15) is 0 Å². The minimum atomic E-state index is -4.96. The van der Waals surface area contributed by atoms with Crippen LogP contribution in [0, 0.1) is 23.7 Å². The number of carbonyl (C=O) groups excluding carboxylic acids is 4. The largest absolute Gasteiger partial charge is 0.472 e. The van der Waals surface area contributed by atoms with E-state index in [1.165, 1.54) is 205 Å². The Kier molecular flexibility index (Phi) is 67.8. The van der Waals surface area contributed by atoms with Crippen LogP contribution in [0.4, 0.5) is 0 Å². The quantitative estimate of drug-likeness (QED) is 0.0222. The lowest BCUT2D eigenvalue weighted by molar-refractivity contribution is -0.161. The zero-order valence-electron chi connectivity index (χ0n) is 65.1. The molecule has 0 rings (SSSR count). The molecular weight excluding hydrogens is 1290 g/mol. The summed E-state index contributed by atoms with van der Waals surface area (Å²) in [6.45, 7) is 14.2. The number of aliphatic hydroxyl groups is 1. The number of esters is 4. The first-order valence-corrected chi connectivity index (χ1v) is 44.2. The van der Waals surface area contributed by atoms with Gasteiger partial charge in [0.05, 0.1) is 26.4 Å². The number of aliphatic hydroxyl groups excluding tert-OH is 1. The van der Waals surface area contributed by atoms with E-state index in [1.807, 2.05) is 0 Å². The van der Waals surface area contributed by atoms with Crippen molar-refractivity contribution in [2.45, 2.75) is 427 Å². The third-order valence-electron chi connectivity index (χ3n) is 18.9. The van der Waals surface area contributed by atoms with Crippen LogP contribution in [-0.4, -0.2) is 96.7 Å². The summed E-state index contributed by atoms with van der Waals surface area (Å²) in [5, 5.41) is 10.6. The van der Waals surface area contributed by atoms with Gasteiger partial charge in [0.15, 0.2) is 12.2 Å². The van der Waals surface area contributed by atoms with E-state index >= 15 is 0 Å². The first kappa shape index (κ1) is 97.1. The van der Waals surface area contributed by atoms with Crippen molar-refractivity contribution in [2.75, 3.05) is 39.6 Å². The molecule has 0 aromatic carbocycles. The highest BCUT2D eigenvalue weighted by atomic mass is 31.2. The molecule has 19 heteroatoms. The summed E-state index contributed by atoms with van der Waals surface area (Å²) >= 11 is 0. The lowest BCUT2D eigenvalue weighted by atomic mass is 10.00. The standard InChI is InChI=1S/C80H156O17P2/c1-9-73(8)59-51-43-38-39-45-53-61-78(83)91-67-76(97-79(84)62-54-46-36-30-23-19-15-14-17-21-27-33-41-49-57-71(4)5)69-95-99(88,89)93-65-74(81)64-92-98(86,87)94-68-75(96-80(85)63-55-47-37-31-25-24-28-34-42-50-58-72(6)7)66-90-77(82)60-52-44-35-29-22-18-13-11-10-12-16-20-26-32-40-48-56-70(2)3/h70-76,81H,9-69H2,1-8H3,(H,86,87)(H,88,89)/t73?,74-,75-,76-/m1/s1. The van der Waals surface area contributed by atoms with Crippen LogP contribution in [0.3, 0.4) is 0 Å². The van der Waals surface area contributed by atoms with E-state index in [1.54, 1.807) is 0 Å². The third kappa shape index (κ3) is 72.8. The predicted octanol–water partition coefficient (Wildman–Crippen LogP) is 23.6. The number of hydrogen-bond donors (Lipinski definition) is 3. The molecule has 0 radical (unpaired) electrons. The fourth-order valence-corrected chi connectivity index (χ4v) is 13.8. The first-order chi connectivity index (χ1) is 47.6. The molecule has 0 aromatic heterocycles. The average Bonchev–Trinajstić information content (AvgIpc) is 1.03. The van der Waals surface area contributed by atoms with Crippen LogP contribution in [0.2, 0.25) is 0 Å². The number of hydrogen-bond acceptors (Lipinski definition) is 15. The molecule has 0 aliphatic carbocycles. The molecule has 0 saturated heterocycles. The van der Waals surface area contributed by atoms with Gasteiger partial charge in [0, 0.05) is 25.7 Å². The Morgan fingerprint density at radius 1 is 0.283 bits per heavy atom. The van der Waals surface area contributed by atoms with Gasteiger partial charge in [0.2, 0.25) is 0 Å². The van der Waals surface area contributed by atoms with Crippen molar-refractivity contribution in [3.05, 3.63) is 0 Å². The second-order valence-electron chi connectivity index (χ2n) is 30.5. The molecule has 3 unspecified atom stereocenters. The number of rotatable bonds is 77. The number of phosphoric ester groups is 2. The Labute approximate surface area is 607 Å². The third-order valence-corrected chi connectivity index (χ3v) is 20.8. The maximum atomic E-state index is 13.1. The SMILES string of the molecule is CCC(C)CCCCCCCCC(=O)OC[C@H](COP(=O)(O)OC[C@H](O)COP(=O)(O)OC[C@@H](COC(=O)CCCCCCCCCCCCCCCCCCC(C)C)OC(=O)CCCCCCCCCCCCC(C)C)OC(=O)CCCCCCCCCCCCCCCCC(C)C. The molecular formula is C80H156O17P2. The Morgan fingerprint density at radius 3 is 0.717 bits per heavy atom. The highest BCUT2D eigenvalue weighted by Gasteiger charge is 2.30. The molecule has 6 atom stereocenters. The molecule has 0 aliphatic rings. The molecule has 588 valence electrons. The second-order valence-corrected chi connectivity index (χ2v) is 33.4. The fraction of sp³-hybridized carbons (Fsp3) is 0.950. The maximum Gasteiger partial charge on any atom is 0.472 e. The van der Waals surface area contributed by atoms with E-state index in [0.717, 1.165) is 120 Å². The first-order valence-electron chi connectivity index (χ1n) is 41.2. The van der Waals surface area contributed by atoms with Crippen molar-refractivity contribution < 1.29 is 80.2 Å². The van der Waals surface area contributed by atoms with E-state index in [9.17, 15) is 43.2 Å². The minimum absolute atomic E-state index is 0.106. The van der Waals surface area contributed by atoms with E-state index in [-0.39, 0.29) is 25.7 Å². The van der Waals surface area contributed by atoms with Gasteiger partial charge in [-0.05, 0) is 49.4 Å². The van der Waals surface area contributed by atoms with Gasteiger partial charge < -0.3 is 33.8 Å². The van der Waals surface area contributed by atoms with Gasteiger partial charge in [-0.25, -0.2) is 9.13 Å². The Balaban J connectivity index is 5.22. The summed E-state index contributed by atoms with van der Waals surface area (Å²) in [5.41, 5.74) is 0. The molecule has 0 spiro atoms. The summed E-state index contributed by atoms with van der Waals surface area (Å²) in [7, 11) is -9.92. The van der Waals surface area contributed by atoms with Crippen molar-refractivity contribution in [1.82, 2.24) is 0 Å². The van der Waals surface area contributed by atoms with Gasteiger partial charge in [0.1, 0.15) is 19.3 Å². The highest BCUT2D eigenvalue weighted by Crippen LogP contribution is 2.45. The monoisotopic (exact) mass is 1450 g/mol. The minimum Gasteiger partial charge on any atom is -0.462 e. The van der Waals surface area contributed by atoms with Gasteiger partial charge in [-0.1, -0.05) is 357 Å².